The van der Waals surface area contributed by atoms with E-state index in [0.717, 1.165) is 21.5 Å². The second kappa shape index (κ2) is 5.62. The van der Waals surface area contributed by atoms with Crippen molar-refractivity contribution in [3.05, 3.63) is 56.2 Å². The zero-order chi connectivity index (χ0) is 14.0. The zero-order valence-corrected chi connectivity index (χ0v) is 11.9. The summed E-state index contributed by atoms with van der Waals surface area (Å²) < 4.78 is 38.4. The highest BCUT2D eigenvalue weighted by molar-refractivity contribution is 9.11. The fourth-order valence-electron chi connectivity index (χ4n) is 1.72. The number of hydrogen-bond donors (Lipinski definition) is 2. The van der Waals surface area contributed by atoms with Gasteiger partial charge in [0.2, 0.25) is 0 Å². The third-order valence-electron chi connectivity index (χ3n) is 2.66. The van der Waals surface area contributed by atoms with Crippen molar-refractivity contribution < 1.29 is 13.2 Å². The minimum absolute atomic E-state index is 0.329. The molecule has 7 heteroatoms. The highest BCUT2D eigenvalue weighted by atomic mass is 79.9. The molecule has 2 rings (SSSR count). The number of rotatable bonds is 3. The maximum atomic E-state index is 12.5. The number of hydrogen-bond acceptors (Lipinski definition) is 3. The molecule has 0 saturated heterocycles. The van der Waals surface area contributed by atoms with E-state index in [9.17, 15) is 13.2 Å². The maximum Gasteiger partial charge on any atom is 0.416 e. The molecule has 0 spiro atoms. The molecule has 0 bridgehead atoms. The topological polar surface area (TPSA) is 38.0 Å². The Morgan fingerprint density at radius 3 is 2.21 bits per heavy atom. The predicted octanol–water partition coefficient (Wildman–Crippen LogP) is 4.08. The van der Waals surface area contributed by atoms with E-state index in [-0.39, 0.29) is 6.04 Å². The van der Waals surface area contributed by atoms with Gasteiger partial charge in [0.05, 0.1) is 15.4 Å². The lowest BCUT2D eigenvalue weighted by Crippen LogP contribution is -2.28. The Morgan fingerprint density at radius 2 is 1.79 bits per heavy atom. The minimum Gasteiger partial charge on any atom is -0.271 e. The van der Waals surface area contributed by atoms with Crippen LogP contribution in [-0.4, -0.2) is 0 Å². The van der Waals surface area contributed by atoms with Crippen molar-refractivity contribution in [1.29, 1.82) is 0 Å². The van der Waals surface area contributed by atoms with Crippen LogP contribution in [0.2, 0.25) is 0 Å². The van der Waals surface area contributed by atoms with Gasteiger partial charge in [-0.2, -0.15) is 13.2 Å². The fraction of sp³-hybridized carbons (Fsp3) is 0.167. The molecule has 102 valence electrons. The van der Waals surface area contributed by atoms with Crippen molar-refractivity contribution in [2.45, 2.75) is 12.2 Å². The van der Waals surface area contributed by atoms with Crippen LogP contribution in [0.15, 0.2) is 39.5 Å². The second-order valence-corrected chi connectivity index (χ2v) is 6.19. The number of nitrogens with two attached hydrogens (primary N) is 1. The summed E-state index contributed by atoms with van der Waals surface area (Å²) >= 11 is 4.83. The Labute approximate surface area is 120 Å². The second-order valence-electron chi connectivity index (χ2n) is 3.90. The van der Waals surface area contributed by atoms with Gasteiger partial charge in [0, 0.05) is 0 Å². The molecule has 0 radical (unpaired) electrons. The average Bonchev–Trinajstić information content (AvgIpc) is 2.76. The van der Waals surface area contributed by atoms with Gasteiger partial charge in [-0.15, -0.1) is 11.3 Å². The molecule has 0 saturated carbocycles. The molecule has 0 fully saturated rings. The van der Waals surface area contributed by atoms with E-state index in [1.807, 2.05) is 11.4 Å². The molecule has 0 aliphatic rings. The van der Waals surface area contributed by atoms with E-state index in [1.54, 1.807) is 0 Å². The van der Waals surface area contributed by atoms with Crippen molar-refractivity contribution in [3.8, 4) is 0 Å². The molecule has 1 atom stereocenters. The van der Waals surface area contributed by atoms with Crippen LogP contribution in [0.25, 0.3) is 0 Å². The van der Waals surface area contributed by atoms with Gasteiger partial charge in [0.1, 0.15) is 0 Å². The summed E-state index contributed by atoms with van der Waals surface area (Å²) in [5, 5.41) is 1.90. The third-order valence-corrected chi connectivity index (χ3v) is 4.18. The lowest BCUT2D eigenvalue weighted by Gasteiger charge is -2.16. The smallest absolute Gasteiger partial charge is 0.271 e. The standard InChI is InChI=1S/C12H10BrF3N2S/c13-10-5-8(6-19-10)11(18-17)7-1-3-9(4-2-7)12(14,15)16/h1-6,11,18H,17H2. The van der Waals surface area contributed by atoms with Gasteiger partial charge in [-0.25, -0.2) is 5.43 Å². The number of halogens is 4. The normalized spacial score (nSPS) is 13.5. The molecule has 19 heavy (non-hydrogen) atoms. The van der Waals surface area contributed by atoms with Crippen molar-refractivity contribution in [2.24, 2.45) is 5.84 Å². The Kier molecular flexibility index (Phi) is 4.29. The molecule has 3 N–H and O–H groups in total. The van der Waals surface area contributed by atoms with Crippen LogP contribution in [0.3, 0.4) is 0 Å². The van der Waals surface area contributed by atoms with Crippen LogP contribution in [0, 0.1) is 0 Å². The lowest BCUT2D eigenvalue weighted by molar-refractivity contribution is -0.137. The molecule has 0 amide bonds. The van der Waals surface area contributed by atoms with Crippen molar-refractivity contribution >= 4 is 27.3 Å². The largest absolute Gasteiger partial charge is 0.416 e. The van der Waals surface area contributed by atoms with Crippen LogP contribution in [0.1, 0.15) is 22.7 Å². The quantitative estimate of drug-likeness (QED) is 0.646. The van der Waals surface area contributed by atoms with E-state index >= 15 is 0 Å². The number of nitrogens with one attached hydrogen (secondary N) is 1. The van der Waals surface area contributed by atoms with Crippen molar-refractivity contribution in [2.75, 3.05) is 0 Å². The molecular weight excluding hydrogens is 341 g/mol. The van der Waals surface area contributed by atoms with Gasteiger partial charge < -0.3 is 0 Å². The zero-order valence-electron chi connectivity index (χ0n) is 9.54. The Bertz CT molecular complexity index is 551. The van der Waals surface area contributed by atoms with Crippen LogP contribution < -0.4 is 11.3 Å². The Balaban J connectivity index is 2.30. The molecule has 1 aromatic heterocycles. The predicted molar refractivity (Wildman–Crippen MR) is 72.6 cm³/mol. The number of thiophene rings is 1. The highest BCUT2D eigenvalue weighted by Crippen LogP contribution is 2.32. The summed E-state index contributed by atoms with van der Waals surface area (Å²) in [6, 6.07) is 6.53. The number of alkyl halides is 3. The number of hydrazine groups is 1. The Hall–Kier alpha value is -0.890. The molecule has 0 aliphatic heterocycles. The summed E-state index contributed by atoms with van der Waals surface area (Å²) in [4.78, 5) is 0. The maximum absolute atomic E-state index is 12.5. The van der Waals surface area contributed by atoms with Gasteiger partial charge in [-0.05, 0) is 50.6 Å². The summed E-state index contributed by atoms with van der Waals surface area (Å²) in [5.41, 5.74) is 3.53. The monoisotopic (exact) mass is 350 g/mol. The lowest BCUT2D eigenvalue weighted by atomic mass is 10.0. The molecule has 2 aromatic rings. The summed E-state index contributed by atoms with van der Waals surface area (Å²) in [7, 11) is 0. The molecule has 2 nitrogen and oxygen atoms in total. The number of benzene rings is 1. The van der Waals surface area contributed by atoms with Crippen molar-refractivity contribution in [3.63, 3.8) is 0 Å². The molecule has 0 aliphatic carbocycles. The van der Waals surface area contributed by atoms with Gasteiger partial charge in [0.25, 0.3) is 0 Å². The molecule has 1 aromatic carbocycles. The van der Waals surface area contributed by atoms with E-state index in [4.69, 9.17) is 5.84 Å². The molecule has 1 heterocycles. The molecular formula is C12H10BrF3N2S. The molecule has 1 unspecified atom stereocenters. The van der Waals surface area contributed by atoms with E-state index < -0.39 is 11.7 Å². The fourth-order valence-corrected chi connectivity index (χ4v) is 2.93. The van der Waals surface area contributed by atoms with E-state index in [0.29, 0.717) is 5.56 Å². The summed E-state index contributed by atoms with van der Waals surface area (Å²) in [6.45, 7) is 0. The highest BCUT2D eigenvalue weighted by Gasteiger charge is 2.30. The third kappa shape index (κ3) is 3.36. The minimum atomic E-state index is -4.32. The van der Waals surface area contributed by atoms with Crippen molar-refractivity contribution in [1.82, 2.24) is 5.43 Å². The van der Waals surface area contributed by atoms with Crippen LogP contribution in [0.5, 0.6) is 0 Å². The van der Waals surface area contributed by atoms with Gasteiger partial charge in [-0.1, -0.05) is 12.1 Å². The van der Waals surface area contributed by atoms with Gasteiger partial charge in [-0.3, -0.25) is 5.84 Å². The first-order valence-electron chi connectivity index (χ1n) is 5.29. The first-order chi connectivity index (χ1) is 8.91. The van der Waals surface area contributed by atoms with Gasteiger partial charge in [0.15, 0.2) is 0 Å². The summed E-state index contributed by atoms with van der Waals surface area (Å²) in [5.74, 6) is 5.49. The first-order valence-corrected chi connectivity index (χ1v) is 6.96. The average molecular weight is 351 g/mol. The van der Waals surface area contributed by atoms with Crippen LogP contribution in [0.4, 0.5) is 13.2 Å². The summed E-state index contributed by atoms with van der Waals surface area (Å²) in [6.07, 6.45) is -4.32. The van der Waals surface area contributed by atoms with Crippen LogP contribution in [-0.2, 0) is 6.18 Å². The van der Waals surface area contributed by atoms with Gasteiger partial charge >= 0.3 is 6.18 Å². The first kappa shape index (κ1) is 14.5. The van der Waals surface area contributed by atoms with E-state index in [1.165, 1.54) is 23.5 Å². The van der Waals surface area contributed by atoms with E-state index in [2.05, 4.69) is 21.4 Å². The Morgan fingerprint density at radius 1 is 1.16 bits per heavy atom. The SMILES string of the molecule is NNC(c1ccc(C(F)(F)F)cc1)c1csc(Br)c1. The van der Waals surface area contributed by atoms with Crippen LogP contribution >= 0.6 is 27.3 Å².